The molecular formula is C25H21N. The first-order valence-corrected chi connectivity index (χ1v) is 9.09. The van der Waals surface area contributed by atoms with Gasteiger partial charge in [0.05, 0.1) is 0 Å². The van der Waals surface area contributed by atoms with E-state index >= 15 is 0 Å². The molecule has 1 aliphatic rings. The van der Waals surface area contributed by atoms with Gasteiger partial charge in [-0.2, -0.15) is 0 Å². The van der Waals surface area contributed by atoms with E-state index in [1.807, 2.05) is 0 Å². The van der Waals surface area contributed by atoms with Crippen LogP contribution < -0.4 is 5.73 Å². The van der Waals surface area contributed by atoms with Crippen molar-refractivity contribution in [1.29, 1.82) is 0 Å². The highest BCUT2D eigenvalue weighted by atomic mass is 14.6. The number of anilines is 1. The number of nitrogens with two attached hydrogens (primary N) is 1. The van der Waals surface area contributed by atoms with Crippen LogP contribution in [-0.2, 0) is 5.41 Å². The number of benzene rings is 4. The van der Waals surface area contributed by atoms with Crippen LogP contribution in [0.4, 0.5) is 5.69 Å². The summed E-state index contributed by atoms with van der Waals surface area (Å²) in [5.74, 6) is 0. The van der Waals surface area contributed by atoms with E-state index in [1.165, 1.54) is 38.8 Å². The second kappa shape index (κ2) is 5.22. The summed E-state index contributed by atoms with van der Waals surface area (Å²) in [6.45, 7) is 4.61. The summed E-state index contributed by atoms with van der Waals surface area (Å²) in [6, 6.07) is 28.1. The Morgan fingerprint density at radius 2 is 1.35 bits per heavy atom. The molecule has 0 bridgehead atoms. The highest BCUT2D eigenvalue weighted by Gasteiger charge is 2.37. The van der Waals surface area contributed by atoms with Gasteiger partial charge < -0.3 is 5.73 Å². The van der Waals surface area contributed by atoms with Crippen LogP contribution in [0.15, 0.2) is 78.9 Å². The zero-order valence-corrected chi connectivity index (χ0v) is 15.1. The lowest BCUT2D eigenvalue weighted by Crippen LogP contribution is -2.15. The minimum atomic E-state index is -0.0619. The van der Waals surface area contributed by atoms with Crippen molar-refractivity contribution in [3.63, 3.8) is 0 Å². The smallest absolute Gasteiger partial charge is 0.0397 e. The summed E-state index contributed by atoms with van der Waals surface area (Å²) in [4.78, 5) is 0. The van der Waals surface area contributed by atoms with E-state index < -0.39 is 0 Å². The van der Waals surface area contributed by atoms with Crippen LogP contribution in [0, 0.1) is 0 Å². The molecule has 2 N–H and O–H groups in total. The molecule has 0 unspecified atom stereocenters. The Bertz CT molecular complexity index is 1150. The SMILES string of the molecule is CC1(C)c2cc(-c3ccccc3)ccc2-c2c1cc(N)c1ccccc21. The molecule has 0 spiro atoms. The van der Waals surface area contributed by atoms with Crippen LogP contribution in [0.25, 0.3) is 33.0 Å². The fourth-order valence-corrected chi connectivity index (χ4v) is 4.42. The highest BCUT2D eigenvalue weighted by Crippen LogP contribution is 2.53. The number of hydrogen-bond donors (Lipinski definition) is 1. The van der Waals surface area contributed by atoms with Crippen molar-refractivity contribution in [2.75, 3.05) is 5.73 Å². The number of rotatable bonds is 1. The molecule has 0 aliphatic heterocycles. The Morgan fingerprint density at radius 1 is 0.654 bits per heavy atom. The maximum atomic E-state index is 6.41. The number of fused-ring (bicyclic) bond motifs is 5. The monoisotopic (exact) mass is 335 g/mol. The van der Waals surface area contributed by atoms with Crippen LogP contribution in [0.1, 0.15) is 25.0 Å². The summed E-state index contributed by atoms with van der Waals surface area (Å²) >= 11 is 0. The molecule has 4 aromatic carbocycles. The van der Waals surface area contributed by atoms with E-state index in [4.69, 9.17) is 5.73 Å². The van der Waals surface area contributed by atoms with Crippen LogP contribution in [0.2, 0.25) is 0 Å². The van der Waals surface area contributed by atoms with Crippen LogP contribution in [-0.4, -0.2) is 0 Å². The third-order valence-electron chi connectivity index (χ3n) is 5.82. The fraction of sp³-hybridized carbons (Fsp3) is 0.120. The summed E-state index contributed by atoms with van der Waals surface area (Å²) in [5.41, 5.74) is 15.1. The quantitative estimate of drug-likeness (QED) is 0.400. The lowest BCUT2D eigenvalue weighted by atomic mass is 9.81. The van der Waals surface area contributed by atoms with Crippen LogP contribution >= 0.6 is 0 Å². The molecule has 0 fully saturated rings. The van der Waals surface area contributed by atoms with E-state index in [9.17, 15) is 0 Å². The average molecular weight is 335 g/mol. The van der Waals surface area contributed by atoms with Crippen LogP contribution in [0.5, 0.6) is 0 Å². The van der Waals surface area contributed by atoms with Crippen molar-refractivity contribution in [1.82, 2.24) is 0 Å². The highest BCUT2D eigenvalue weighted by molar-refractivity contribution is 6.07. The van der Waals surface area contributed by atoms with E-state index in [0.29, 0.717) is 0 Å². The van der Waals surface area contributed by atoms with Gasteiger partial charge >= 0.3 is 0 Å². The van der Waals surface area contributed by atoms with Gasteiger partial charge in [0, 0.05) is 16.5 Å². The molecule has 0 saturated heterocycles. The van der Waals surface area contributed by atoms with E-state index in [1.54, 1.807) is 0 Å². The molecule has 0 aromatic heterocycles. The van der Waals surface area contributed by atoms with Crippen LogP contribution in [0.3, 0.4) is 0 Å². The molecule has 0 radical (unpaired) electrons. The third-order valence-corrected chi connectivity index (χ3v) is 5.82. The van der Waals surface area contributed by atoms with E-state index in [-0.39, 0.29) is 5.41 Å². The van der Waals surface area contributed by atoms with Gasteiger partial charge in [-0.15, -0.1) is 0 Å². The van der Waals surface area contributed by atoms with Crippen molar-refractivity contribution in [2.24, 2.45) is 0 Å². The van der Waals surface area contributed by atoms with Crippen molar-refractivity contribution in [3.05, 3.63) is 90.0 Å². The molecule has 1 nitrogen and oxygen atoms in total. The lowest BCUT2D eigenvalue weighted by molar-refractivity contribution is 0.661. The van der Waals surface area contributed by atoms with Gasteiger partial charge in [0.15, 0.2) is 0 Å². The van der Waals surface area contributed by atoms with Gasteiger partial charge in [-0.1, -0.05) is 80.6 Å². The Hall–Kier alpha value is -3.06. The maximum Gasteiger partial charge on any atom is 0.0397 e. The Balaban J connectivity index is 1.83. The molecule has 0 amide bonds. The summed E-state index contributed by atoms with van der Waals surface area (Å²) in [5, 5.41) is 2.39. The number of nitrogen functional groups attached to an aromatic ring is 1. The lowest BCUT2D eigenvalue weighted by Gasteiger charge is -2.22. The normalized spacial score (nSPS) is 14.2. The van der Waals surface area contributed by atoms with E-state index in [0.717, 1.165) is 11.1 Å². The van der Waals surface area contributed by atoms with Crippen molar-refractivity contribution >= 4 is 16.5 Å². The predicted octanol–water partition coefficient (Wildman–Crippen LogP) is 6.40. The van der Waals surface area contributed by atoms with Crippen molar-refractivity contribution in [2.45, 2.75) is 19.3 Å². The summed E-state index contributed by atoms with van der Waals surface area (Å²) in [6.07, 6.45) is 0. The molecular weight excluding hydrogens is 314 g/mol. The largest absolute Gasteiger partial charge is 0.398 e. The van der Waals surface area contributed by atoms with E-state index in [2.05, 4.69) is 92.7 Å². The van der Waals surface area contributed by atoms with Gasteiger partial charge in [0.2, 0.25) is 0 Å². The van der Waals surface area contributed by atoms with Crippen molar-refractivity contribution in [3.8, 4) is 22.3 Å². The third kappa shape index (κ3) is 1.97. The second-order valence-electron chi connectivity index (χ2n) is 7.69. The minimum absolute atomic E-state index is 0.0619. The topological polar surface area (TPSA) is 26.0 Å². The molecule has 0 atom stereocenters. The molecule has 1 aliphatic carbocycles. The maximum absolute atomic E-state index is 6.41. The Labute approximate surface area is 154 Å². The fourth-order valence-electron chi connectivity index (χ4n) is 4.42. The van der Waals surface area contributed by atoms with Gasteiger partial charge in [-0.3, -0.25) is 0 Å². The van der Waals surface area contributed by atoms with Gasteiger partial charge in [-0.25, -0.2) is 0 Å². The first-order valence-electron chi connectivity index (χ1n) is 9.09. The zero-order chi connectivity index (χ0) is 17.9. The first-order chi connectivity index (χ1) is 12.6. The summed E-state index contributed by atoms with van der Waals surface area (Å²) in [7, 11) is 0. The number of hydrogen-bond acceptors (Lipinski definition) is 1. The second-order valence-corrected chi connectivity index (χ2v) is 7.69. The summed E-state index contributed by atoms with van der Waals surface area (Å²) < 4.78 is 0. The average Bonchev–Trinajstić information content (AvgIpc) is 2.90. The zero-order valence-electron chi connectivity index (χ0n) is 15.1. The molecule has 0 heterocycles. The molecule has 1 heteroatoms. The molecule has 0 saturated carbocycles. The Morgan fingerprint density at radius 3 is 2.12 bits per heavy atom. The van der Waals surface area contributed by atoms with Gasteiger partial charge in [0.1, 0.15) is 0 Å². The Kier molecular flexibility index (Phi) is 3.05. The molecule has 5 rings (SSSR count). The molecule has 26 heavy (non-hydrogen) atoms. The standard InChI is InChI=1S/C25H21N/c1-25(2)21-14-17(16-8-4-3-5-9-16)12-13-20(21)24-19-11-7-6-10-18(19)23(26)15-22(24)25/h3-15H,26H2,1-2H3. The van der Waals surface area contributed by atoms with Gasteiger partial charge in [0.25, 0.3) is 0 Å². The van der Waals surface area contributed by atoms with Gasteiger partial charge in [-0.05, 0) is 50.9 Å². The van der Waals surface area contributed by atoms with Crippen molar-refractivity contribution < 1.29 is 0 Å². The predicted molar refractivity (Wildman–Crippen MR) is 111 cm³/mol. The molecule has 4 aromatic rings. The molecule has 126 valence electrons. The minimum Gasteiger partial charge on any atom is -0.398 e. The first kappa shape index (κ1) is 15.2.